The van der Waals surface area contributed by atoms with E-state index in [2.05, 4.69) is 5.32 Å². The predicted molar refractivity (Wildman–Crippen MR) is 52.5 cm³/mol. The third-order valence-corrected chi connectivity index (χ3v) is 2.18. The molecule has 0 unspecified atom stereocenters. The minimum Gasteiger partial charge on any atom is -0.394 e. The Balaban J connectivity index is 4.19. The van der Waals surface area contributed by atoms with E-state index in [1.54, 1.807) is 7.05 Å². The van der Waals surface area contributed by atoms with Gasteiger partial charge in [0.2, 0.25) is 12.3 Å². The Bertz CT molecular complexity index is 194. The van der Waals surface area contributed by atoms with Crippen molar-refractivity contribution in [2.75, 3.05) is 20.2 Å². The van der Waals surface area contributed by atoms with Crippen molar-refractivity contribution in [2.24, 2.45) is 5.92 Å². The summed E-state index contributed by atoms with van der Waals surface area (Å²) in [6, 6.07) is -0.198. The minimum atomic E-state index is -0.204. The topological polar surface area (TPSA) is 69.6 Å². The number of rotatable bonds is 6. The van der Waals surface area contributed by atoms with E-state index < -0.39 is 0 Å². The van der Waals surface area contributed by atoms with Crippen LogP contribution in [0, 0.1) is 5.92 Å². The molecule has 0 aromatic carbocycles. The van der Waals surface area contributed by atoms with Crippen molar-refractivity contribution in [1.82, 2.24) is 10.2 Å². The number of nitrogens with one attached hydrogen (secondary N) is 1. The molecule has 0 aromatic heterocycles. The second-order valence-corrected chi connectivity index (χ2v) is 3.50. The van der Waals surface area contributed by atoms with E-state index in [9.17, 15) is 9.59 Å². The first-order valence-corrected chi connectivity index (χ1v) is 4.58. The van der Waals surface area contributed by atoms with Crippen molar-refractivity contribution in [3.63, 3.8) is 0 Å². The Morgan fingerprint density at radius 2 is 2.14 bits per heavy atom. The van der Waals surface area contributed by atoms with Gasteiger partial charge in [-0.15, -0.1) is 0 Å². The Morgan fingerprint density at radius 1 is 1.57 bits per heavy atom. The van der Waals surface area contributed by atoms with Crippen molar-refractivity contribution in [2.45, 2.75) is 19.9 Å². The zero-order valence-corrected chi connectivity index (χ0v) is 8.86. The van der Waals surface area contributed by atoms with Gasteiger partial charge in [-0.1, -0.05) is 13.8 Å². The molecule has 82 valence electrons. The summed E-state index contributed by atoms with van der Waals surface area (Å²) < 4.78 is 0. The molecular formula is C9H18N2O3. The van der Waals surface area contributed by atoms with Crippen LogP contribution in [-0.4, -0.2) is 48.6 Å². The molecule has 0 aliphatic rings. The summed E-state index contributed by atoms with van der Waals surface area (Å²) in [6.45, 7) is 3.76. The Labute approximate surface area is 84.1 Å². The van der Waals surface area contributed by atoms with Gasteiger partial charge < -0.3 is 15.3 Å². The highest BCUT2D eigenvalue weighted by Gasteiger charge is 2.21. The first-order valence-electron chi connectivity index (χ1n) is 4.58. The van der Waals surface area contributed by atoms with Crippen LogP contribution in [-0.2, 0) is 9.59 Å². The van der Waals surface area contributed by atoms with Gasteiger partial charge in [0, 0.05) is 7.05 Å². The lowest BCUT2D eigenvalue weighted by molar-refractivity contribution is -0.133. The fraction of sp³-hybridized carbons (Fsp3) is 0.778. The van der Waals surface area contributed by atoms with Crippen LogP contribution in [0.5, 0.6) is 0 Å². The second-order valence-electron chi connectivity index (χ2n) is 3.50. The molecule has 2 N–H and O–H groups in total. The van der Waals surface area contributed by atoms with Crippen LogP contribution in [0.2, 0.25) is 0 Å². The Hall–Kier alpha value is -1.10. The van der Waals surface area contributed by atoms with Gasteiger partial charge in [-0.05, 0) is 5.92 Å². The van der Waals surface area contributed by atoms with Crippen LogP contribution in [0.4, 0.5) is 0 Å². The number of carbonyl (C=O) groups excluding carboxylic acids is 2. The van der Waals surface area contributed by atoms with Crippen LogP contribution >= 0.6 is 0 Å². The first kappa shape index (κ1) is 12.9. The molecular weight excluding hydrogens is 184 g/mol. The highest BCUT2D eigenvalue weighted by atomic mass is 16.3. The van der Waals surface area contributed by atoms with Gasteiger partial charge in [0.05, 0.1) is 19.2 Å². The summed E-state index contributed by atoms with van der Waals surface area (Å²) in [7, 11) is 1.62. The van der Waals surface area contributed by atoms with Crippen LogP contribution in [0.3, 0.4) is 0 Å². The maximum absolute atomic E-state index is 11.4. The van der Waals surface area contributed by atoms with E-state index >= 15 is 0 Å². The van der Waals surface area contributed by atoms with Gasteiger partial charge in [0.25, 0.3) is 0 Å². The number of amides is 2. The van der Waals surface area contributed by atoms with Gasteiger partial charge in [-0.25, -0.2) is 0 Å². The average Bonchev–Trinajstić information content (AvgIpc) is 2.14. The summed E-state index contributed by atoms with van der Waals surface area (Å²) in [5.74, 6) is -0.0185. The molecule has 5 heteroatoms. The fourth-order valence-electron chi connectivity index (χ4n) is 1.22. The van der Waals surface area contributed by atoms with Crippen LogP contribution in [0.25, 0.3) is 0 Å². The predicted octanol–water partition coefficient (Wildman–Crippen LogP) is -0.792. The third-order valence-electron chi connectivity index (χ3n) is 2.18. The quantitative estimate of drug-likeness (QED) is 0.554. The van der Waals surface area contributed by atoms with E-state index in [4.69, 9.17) is 5.11 Å². The van der Waals surface area contributed by atoms with Gasteiger partial charge in [-0.2, -0.15) is 0 Å². The van der Waals surface area contributed by atoms with Crippen molar-refractivity contribution >= 4 is 12.3 Å². The number of hydrogen-bond donors (Lipinski definition) is 2. The zero-order chi connectivity index (χ0) is 11.1. The molecule has 0 saturated carbocycles. The van der Waals surface area contributed by atoms with E-state index in [1.165, 1.54) is 4.90 Å². The largest absolute Gasteiger partial charge is 0.394 e. The lowest BCUT2D eigenvalue weighted by Gasteiger charge is -2.29. The lowest BCUT2D eigenvalue weighted by atomic mass is 10.0. The molecule has 0 bridgehead atoms. The first-order chi connectivity index (χ1) is 6.54. The van der Waals surface area contributed by atoms with E-state index in [0.717, 1.165) is 0 Å². The summed E-state index contributed by atoms with van der Waals surface area (Å²) in [6.07, 6.45) is 0.481. The molecule has 0 saturated heterocycles. The molecule has 0 aromatic rings. The number of hydrogen-bond acceptors (Lipinski definition) is 3. The summed E-state index contributed by atoms with van der Waals surface area (Å²) in [5, 5.41) is 11.4. The van der Waals surface area contributed by atoms with Crippen LogP contribution < -0.4 is 5.32 Å². The van der Waals surface area contributed by atoms with E-state index in [-0.39, 0.29) is 31.0 Å². The third kappa shape index (κ3) is 3.74. The normalized spacial score (nSPS) is 12.4. The monoisotopic (exact) mass is 202 g/mol. The minimum absolute atomic E-state index is 0.0246. The number of aliphatic hydroxyl groups excluding tert-OH is 1. The summed E-state index contributed by atoms with van der Waals surface area (Å²) in [4.78, 5) is 22.8. The Kier molecular flexibility index (Phi) is 5.87. The zero-order valence-electron chi connectivity index (χ0n) is 8.86. The highest BCUT2D eigenvalue weighted by Crippen LogP contribution is 2.07. The van der Waals surface area contributed by atoms with Gasteiger partial charge in [-0.3, -0.25) is 9.59 Å². The van der Waals surface area contributed by atoms with Crippen molar-refractivity contribution < 1.29 is 14.7 Å². The van der Waals surface area contributed by atoms with Crippen LogP contribution in [0.1, 0.15) is 13.8 Å². The molecule has 0 aliphatic heterocycles. The molecule has 2 amide bonds. The standard InChI is InChI=1S/C9H18N2O3/c1-7(2)8(5-12)11(3)9(14)4-10-6-13/h6-8,12H,4-5H2,1-3H3,(H,10,13)/t8-/m1/s1. The molecule has 14 heavy (non-hydrogen) atoms. The number of likely N-dealkylation sites (N-methyl/N-ethyl adjacent to an activating group) is 1. The molecule has 5 nitrogen and oxygen atoms in total. The molecule has 0 heterocycles. The Morgan fingerprint density at radius 3 is 2.50 bits per heavy atom. The number of aliphatic hydroxyl groups is 1. The highest BCUT2D eigenvalue weighted by molar-refractivity contribution is 5.80. The molecule has 1 atom stereocenters. The fourth-order valence-corrected chi connectivity index (χ4v) is 1.22. The lowest BCUT2D eigenvalue weighted by Crippen LogP contribution is -2.46. The van der Waals surface area contributed by atoms with Gasteiger partial charge in [0.1, 0.15) is 0 Å². The second kappa shape index (κ2) is 6.37. The average molecular weight is 202 g/mol. The van der Waals surface area contributed by atoms with Crippen molar-refractivity contribution in [3.05, 3.63) is 0 Å². The smallest absolute Gasteiger partial charge is 0.242 e. The van der Waals surface area contributed by atoms with Crippen LogP contribution in [0.15, 0.2) is 0 Å². The number of nitrogens with zero attached hydrogens (tertiary/aromatic N) is 1. The summed E-state index contributed by atoms with van der Waals surface area (Å²) in [5.41, 5.74) is 0. The number of carbonyl (C=O) groups is 2. The van der Waals surface area contributed by atoms with E-state index in [0.29, 0.717) is 6.41 Å². The molecule has 0 aliphatic carbocycles. The molecule has 0 spiro atoms. The summed E-state index contributed by atoms with van der Waals surface area (Å²) >= 11 is 0. The van der Waals surface area contributed by atoms with E-state index in [1.807, 2.05) is 13.8 Å². The molecule has 0 radical (unpaired) electrons. The SMILES string of the molecule is CC(C)[C@@H](CO)N(C)C(=O)CNC=O. The maximum atomic E-state index is 11.4. The maximum Gasteiger partial charge on any atom is 0.242 e. The van der Waals surface area contributed by atoms with Gasteiger partial charge >= 0.3 is 0 Å². The molecule has 0 fully saturated rings. The van der Waals surface area contributed by atoms with Crippen molar-refractivity contribution in [3.8, 4) is 0 Å². The molecule has 0 rings (SSSR count). The van der Waals surface area contributed by atoms with Gasteiger partial charge in [0.15, 0.2) is 0 Å². The van der Waals surface area contributed by atoms with Crippen molar-refractivity contribution in [1.29, 1.82) is 0 Å².